The van der Waals surface area contributed by atoms with E-state index in [1.54, 1.807) is 6.07 Å². The molecule has 3 rings (SSSR count). The molecule has 0 N–H and O–H groups in total. The summed E-state index contributed by atoms with van der Waals surface area (Å²) in [5, 5.41) is 5.59. The maximum Gasteiger partial charge on any atom is 0.297 e. The van der Waals surface area contributed by atoms with Crippen molar-refractivity contribution in [2.24, 2.45) is 4.99 Å². The molecule has 0 unspecified atom stereocenters. The molecule has 0 saturated carbocycles. The Hall–Kier alpha value is -2.43. The van der Waals surface area contributed by atoms with Gasteiger partial charge in [0.1, 0.15) is 0 Å². The SMILES string of the molecule is CCCCCC(C)=NC(=O)c1cc(-c2ccc(C)cc2)n(Cc2ccc(Cl)c(Cl)c2)n1. The lowest BCUT2D eigenvalue weighted by Crippen LogP contribution is -2.06. The molecule has 0 aliphatic rings. The molecule has 0 aliphatic heterocycles. The summed E-state index contributed by atoms with van der Waals surface area (Å²) in [6.45, 7) is 6.57. The molecule has 1 heterocycles. The van der Waals surface area contributed by atoms with Crippen LogP contribution in [-0.4, -0.2) is 21.4 Å². The predicted octanol–water partition coefficient (Wildman–Crippen LogP) is 7.40. The summed E-state index contributed by atoms with van der Waals surface area (Å²) in [5.41, 5.74) is 5.14. The fraction of sp³-hybridized carbons (Fsp3) is 0.320. The van der Waals surface area contributed by atoms with Gasteiger partial charge in [-0.05, 0) is 56.0 Å². The third kappa shape index (κ3) is 6.28. The van der Waals surface area contributed by atoms with Crippen LogP contribution in [0.15, 0.2) is 53.5 Å². The Morgan fingerprint density at radius 3 is 2.45 bits per heavy atom. The zero-order valence-electron chi connectivity index (χ0n) is 18.2. The molecule has 31 heavy (non-hydrogen) atoms. The summed E-state index contributed by atoms with van der Waals surface area (Å²) in [5.74, 6) is -0.310. The molecule has 0 bridgehead atoms. The molecule has 0 aliphatic carbocycles. The summed E-state index contributed by atoms with van der Waals surface area (Å²) < 4.78 is 1.82. The maximum atomic E-state index is 12.8. The average Bonchev–Trinajstić information content (AvgIpc) is 3.15. The van der Waals surface area contributed by atoms with Crippen molar-refractivity contribution in [2.75, 3.05) is 0 Å². The van der Waals surface area contributed by atoms with E-state index < -0.39 is 0 Å². The van der Waals surface area contributed by atoms with Crippen LogP contribution in [0.4, 0.5) is 0 Å². The van der Waals surface area contributed by atoms with E-state index in [-0.39, 0.29) is 5.91 Å². The summed E-state index contributed by atoms with van der Waals surface area (Å²) in [6.07, 6.45) is 4.14. The first-order valence-corrected chi connectivity index (χ1v) is 11.3. The van der Waals surface area contributed by atoms with Crippen LogP contribution in [0.5, 0.6) is 0 Å². The molecule has 0 fully saturated rings. The zero-order chi connectivity index (χ0) is 22.4. The van der Waals surface area contributed by atoms with E-state index in [0.29, 0.717) is 22.3 Å². The normalized spacial score (nSPS) is 11.7. The van der Waals surface area contributed by atoms with E-state index in [0.717, 1.165) is 48.2 Å². The third-order valence-electron chi connectivity index (χ3n) is 5.10. The Morgan fingerprint density at radius 2 is 1.77 bits per heavy atom. The van der Waals surface area contributed by atoms with Crippen LogP contribution in [0.25, 0.3) is 11.3 Å². The van der Waals surface area contributed by atoms with Gasteiger partial charge in [0.25, 0.3) is 5.91 Å². The Bertz CT molecular complexity index is 1080. The largest absolute Gasteiger partial charge is 0.297 e. The van der Waals surface area contributed by atoms with Gasteiger partial charge in [-0.3, -0.25) is 9.48 Å². The number of aromatic nitrogens is 2. The highest BCUT2D eigenvalue weighted by molar-refractivity contribution is 6.42. The van der Waals surface area contributed by atoms with Crippen LogP contribution in [0.2, 0.25) is 10.0 Å². The van der Waals surface area contributed by atoms with E-state index in [1.165, 1.54) is 5.56 Å². The second-order valence-corrected chi connectivity index (χ2v) is 8.61. The number of aryl methyl sites for hydroxylation is 1. The first kappa shape index (κ1) is 23.2. The van der Waals surface area contributed by atoms with Crippen molar-refractivity contribution in [3.8, 4) is 11.3 Å². The van der Waals surface area contributed by atoms with Crippen molar-refractivity contribution in [3.05, 3.63) is 75.4 Å². The van der Waals surface area contributed by atoms with Gasteiger partial charge < -0.3 is 0 Å². The van der Waals surface area contributed by atoms with Crippen LogP contribution in [0.3, 0.4) is 0 Å². The minimum Gasteiger partial charge on any atom is -0.265 e. The highest BCUT2D eigenvalue weighted by Gasteiger charge is 2.16. The molecule has 0 spiro atoms. The van der Waals surface area contributed by atoms with Crippen molar-refractivity contribution >= 4 is 34.8 Å². The Labute approximate surface area is 193 Å². The second kappa shape index (κ2) is 10.7. The van der Waals surface area contributed by atoms with Gasteiger partial charge in [0.15, 0.2) is 5.69 Å². The summed E-state index contributed by atoms with van der Waals surface area (Å²) in [4.78, 5) is 17.1. The molecular formula is C25H27Cl2N3O. The number of carbonyl (C=O) groups excluding carboxylic acids is 1. The highest BCUT2D eigenvalue weighted by Crippen LogP contribution is 2.26. The molecule has 4 nitrogen and oxygen atoms in total. The number of nitrogens with zero attached hydrogens (tertiary/aromatic N) is 3. The minimum absolute atomic E-state index is 0.310. The average molecular weight is 456 g/mol. The van der Waals surface area contributed by atoms with Crippen molar-refractivity contribution in [2.45, 2.75) is 53.0 Å². The summed E-state index contributed by atoms with van der Waals surface area (Å²) in [7, 11) is 0. The van der Waals surface area contributed by atoms with Crippen molar-refractivity contribution in [3.63, 3.8) is 0 Å². The van der Waals surface area contributed by atoms with Gasteiger partial charge in [0.2, 0.25) is 0 Å². The van der Waals surface area contributed by atoms with Gasteiger partial charge in [0.05, 0.1) is 22.3 Å². The first-order valence-electron chi connectivity index (χ1n) is 10.5. The van der Waals surface area contributed by atoms with E-state index in [4.69, 9.17) is 23.2 Å². The summed E-state index contributed by atoms with van der Waals surface area (Å²) in [6, 6.07) is 15.5. The molecule has 3 aromatic rings. The van der Waals surface area contributed by atoms with Crippen molar-refractivity contribution in [1.82, 2.24) is 9.78 Å². The lowest BCUT2D eigenvalue weighted by Gasteiger charge is -2.09. The highest BCUT2D eigenvalue weighted by atomic mass is 35.5. The topological polar surface area (TPSA) is 47.2 Å². The Morgan fingerprint density at radius 1 is 1.03 bits per heavy atom. The molecule has 1 aromatic heterocycles. The predicted molar refractivity (Wildman–Crippen MR) is 130 cm³/mol. The molecule has 0 saturated heterocycles. The molecule has 6 heteroatoms. The molecule has 2 aromatic carbocycles. The number of halogens is 2. The number of aliphatic imine (C=N–C) groups is 1. The van der Waals surface area contributed by atoms with Gasteiger partial charge in [-0.25, -0.2) is 4.99 Å². The monoisotopic (exact) mass is 455 g/mol. The van der Waals surface area contributed by atoms with E-state index in [2.05, 4.69) is 17.0 Å². The van der Waals surface area contributed by atoms with Crippen LogP contribution in [0, 0.1) is 6.92 Å². The van der Waals surface area contributed by atoms with Crippen LogP contribution >= 0.6 is 23.2 Å². The first-order chi connectivity index (χ1) is 14.9. The van der Waals surface area contributed by atoms with Gasteiger partial charge in [0, 0.05) is 5.71 Å². The smallest absolute Gasteiger partial charge is 0.265 e. The maximum absolute atomic E-state index is 12.8. The van der Waals surface area contributed by atoms with Gasteiger partial charge in [-0.2, -0.15) is 5.10 Å². The quantitative estimate of drug-likeness (QED) is 0.262. The van der Waals surface area contributed by atoms with E-state index in [1.807, 2.05) is 61.0 Å². The van der Waals surface area contributed by atoms with Gasteiger partial charge in [-0.1, -0.05) is 78.9 Å². The van der Waals surface area contributed by atoms with Gasteiger partial charge in [-0.15, -0.1) is 0 Å². The number of hydrogen-bond donors (Lipinski definition) is 0. The van der Waals surface area contributed by atoms with Crippen molar-refractivity contribution < 1.29 is 4.79 Å². The standard InChI is InChI=1S/C25H27Cl2N3O/c1-4-5-6-7-18(3)28-25(31)23-15-24(20-11-8-17(2)9-12-20)30(29-23)16-19-10-13-21(26)22(27)14-19/h8-15H,4-7,16H2,1-3H3. The third-order valence-corrected chi connectivity index (χ3v) is 5.84. The number of hydrogen-bond acceptors (Lipinski definition) is 2. The van der Waals surface area contributed by atoms with Gasteiger partial charge >= 0.3 is 0 Å². The summed E-state index contributed by atoms with van der Waals surface area (Å²) >= 11 is 12.2. The molecule has 1 amide bonds. The molecule has 0 atom stereocenters. The van der Waals surface area contributed by atoms with Crippen molar-refractivity contribution in [1.29, 1.82) is 0 Å². The van der Waals surface area contributed by atoms with E-state index >= 15 is 0 Å². The molecule has 162 valence electrons. The fourth-order valence-corrected chi connectivity index (χ4v) is 3.65. The Balaban J connectivity index is 1.93. The minimum atomic E-state index is -0.310. The number of rotatable bonds is 8. The molecule has 0 radical (unpaired) electrons. The number of benzene rings is 2. The Kier molecular flexibility index (Phi) is 8.05. The lowest BCUT2D eigenvalue weighted by molar-refractivity contribution is 0.0997. The van der Waals surface area contributed by atoms with E-state index in [9.17, 15) is 4.79 Å². The number of carbonyl (C=O) groups is 1. The van der Waals surface area contributed by atoms with Crippen LogP contribution in [0.1, 0.15) is 61.1 Å². The fourth-order valence-electron chi connectivity index (χ4n) is 3.33. The zero-order valence-corrected chi connectivity index (χ0v) is 19.7. The second-order valence-electron chi connectivity index (χ2n) is 7.80. The lowest BCUT2D eigenvalue weighted by atomic mass is 10.1. The number of unbranched alkanes of at least 4 members (excludes halogenated alkanes) is 2. The van der Waals surface area contributed by atoms with Crippen LogP contribution in [-0.2, 0) is 6.54 Å². The number of amides is 1. The molecular weight excluding hydrogens is 429 g/mol. The van der Waals surface area contributed by atoms with Crippen LogP contribution < -0.4 is 0 Å².